The summed E-state index contributed by atoms with van der Waals surface area (Å²) in [4.78, 5) is 19.4. The standard InChI is InChI=1S/C23H25N3O3/c24-14-15-3-1-4-17(13-15)16-8-11-26(12-9-16)22(27)18-7-10-25-20-6-2-5-19(21(18)20)23(28)29/h1-7,10,13,16,23,28-29H,8-9,11-12,14,24H2. The van der Waals surface area contributed by atoms with Crippen LogP contribution in [-0.4, -0.2) is 39.1 Å². The van der Waals surface area contributed by atoms with Gasteiger partial charge in [-0.05, 0) is 42.0 Å². The number of benzene rings is 2. The zero-order chi connectivity index (χ0) is 20.4. The van der Waals surface area contributed by atoms with Gasteiger partial charge in [-0.1, -0.05) is 36.4 Å². The molecule has 0 saturated carbocycles. The first-order chi connectivity index (χ1) is 14.1. The van der Waals surface area contributed by atoms with Crippen LogP contribution in [0.15, 0.2) is 54.7 Å². The number of hydrogen-bond acceptors (Lipinski definition) is 5. The van der Waals surface area contributed by atoms with Crippen LogP contribution < -0.4 is 5.73 Å². The molecule has 2 heterocycles. The van der Waals surface area contributed by atoms with Crippen molar-refractivity contribution in [3.8, 4) is 0 Å². The molecular weight excluding hydrogens is 366 g/mol. The molecule has 29 heavy (non-hydrogen) atoms. The van der Waals surface area contributed by atoms with Crippen molar-refractivity contribution in [3.05, 3.63) is 77.0 Å². The minimum absolute atomic E-state index is 0.0975. The molecule has 6 nitrogen and oxygen atoms in total. The predicted octanol–water partition coefficient (Wildman–Crippen LogP) is 2.70. The summed E-state index contributed by atoms with van der Waals surface area (Å²) in [6.45, 7) is 1.84. The predicted molar refractivity (Wildman–Crippen MR) is 111 cm³/mol. The zero-order valence-electron chi connectivity index (χ0n) is 16.2. The summed E-state index contributed by atoms with van der Waals surface area (Å²) in [5.74, 6) is 0.314. The van der Waals surface area contributed by atoms with E-state index in [0.717, 1.165) is 18.4 Å². The molecule has 0 aliphatic carbocycles. The van der Waals surface area contributed by atoms with Crippen LogP contribution in [0.25, 0.3) is 10.9 Å². The topological polar surface area (TPSA) is 99.7 Å². The zero-order valence-corrected chi connectivity index (χ0v) is 16.2. The fourth-order valence-corrected chi connectivity index (χ4v) is 4.19. The number of aromatic nitrogens is 1. The maximum absolute atomic E-state index is 13.3. The second-order valence-corrected chi connectivity index (χ2v) is 7.49. The molecule has 1 aromatic heterocycles. The second-order valence-electron chi connectivity index (χ2n) is 7.49. The normalized spacial score (nSPS) is 15.2. The van der Waals surface area contributed by atoms with Crippen LogP contribution in [-0.2, 0) is 6.54 Å². The minimum Gasteiger partial charge on any atom is -0.364 e. The number of fused-ring (bicyclic) bond motifs is 1. The van der Waals surface area contributed by atoms with Crippen LogP contribution in [0.4, 0.5) is 0 Å². The fourth-order valence-electron chi connectivity index (χ4n) is 4.19. The molecule has 0 atom stereocenters. The monoisotopic (exact) mass is 391 g/mol. The Morgan fingerprint density at radius 2 is 1.90 bits per heavy atom. The van der Waals surface area contributed by atoms with Crippen molar-refractivity contribution < 1.29 is 15.0 Å². The lowest BCUT2D eigenvalue weighted by molar-refractivity contribution is -0.0413. The van der Waals surface area contributed by atoms with Gasteiger partial charge in [0, 0.05) is 36.8 Å². The fraction of sp³-hybridized carbons (Fsp3) is 0.304. The maximum Gasteiger partial charge on any atom is 0.254 e. The van der Waals surface area contributed by atoms with Crippen LogP contribution in [0, 0.1) is 0 Å². The second kappa shape index (κ2) is 8.29. The summed E-state index contributed by atoms with van der Waals surface area (Å²) in [7, 11) is 0. The van der Waals surface area contributed by atoms with Gasteiger partial charge in [0.2, 0.25) is 0 Å². The van der Waals surface area contributed by atoms with Gasteiger partial charge in [-0.15, -0.1) is 0 Å². The van der Waals surface area contributed by atoms with E-state index in [-0.39, 0.29) is 5.91 Å². The first kappa shape index (κ1) is 19.5. The number of likely N-dealkylation sites (tertiary alicyclic amines) is 1. The summed E-state index contributed by atoms with van der Waals surface area (Å²) in [5, 5.41) is 20.0. The smallest absolute Gasteiger partial charge is 0.254 e. The average Bonchev–Trinajstić information content (AvgIpc) is 2.77. The molecule has 4 N–H and O–H groups in total. The Morgan fingerprint density at radius 3 is 2.62 bits per heavy atom. The molecule has 2 aromatic carbocycles. The number of rotatable bonds is 4. The molecule has 0 spiro atoms. The Hall–Kier alpha value is -2.80. The van der Waals surface area contributed by atoms with Gasteiger partial charge in [-0.2, -0.15) is 0 Å². The molecular formula is C23H25N3O3. The van der Waals surface area contributed by atoms with Crippen LogP contribution in [0.3, 0.4) is 0 Å². The van der Waals surface area contributed by atoms with Gasteiger partial charge < -0.3 is 20.8 Å². The molecule has 1 aliphatic heterocycles. The SMILES string of the molecule is NCc1cccc(C2CCN(C(=O)c3ccnc4cccc(C(O)O)c34)CC2)c1. The lowest BCUT2D eigenvalue weighted by Gasteiger charge is -2.32. The number of nitrogens with zero attached hydrogens (tertiary/aromatic N) is 2. The summed E-state index contributed by atoms with van der Waals surface area (Å²) >= 11 is 0. The highest BCUT2D eigenvalue weighted by Crippen LogP contribution is 2.31. The first-order valence-corrected chi connectivity index (χ1v) is 9.90. The number of piperidine rings is 1. The highest BCUT2D eigenvalue weighted by molar-refractivity contribution is 6.07. The minimum atomic E-state index is -1.66. The molecule has 6 heteroatoms. The first-order valence-electron chi connectivity index (χ1n) is 9.90. The van der Waals surface area contributed by atoms with E-state index in [0.29, 0.717) is 47.6 Å². The molecule has 4 rings (SSSR count). The van der Waals surface area contributed by atoms with Gasteiger partial charge in [0.1, 0.15) is 0 Å². The largest absolute Gasteiger partial charge is 0.364 e. The van der Waals surface area contributed by atoms with Crippen LogP contribution in [0.2, 0.25) is 0 Å². The quantitative estimate of drug-likeness (QED) is 0.594. The van der Waals surface area contributed by atoms with Gasteiger partial charge >= 0.3 is 0 Å². The molecule has 1 fully saturated rings. The van der Waals surface area contributed by atoms with Gasteiger partial charge in [0.25, 0.3) is 5.91 Å². The number of aliphatic hydroxyl groups excluding tert-OH is 1. The van der Waals surface area contributed by atoms with E-state index in [4.69, 9.17) is 5.73 Å². The van der Waals surface area contributed by atoms with Crippen molar-refractivity contribution in [2.24, 2.45) is 5.73 Å². The number of aliphatic hydroxyl groups is 2. The third-order valence-corrected chi connectivity index (χ3v) is 5.75. The summed E-state index contributed by atoms with van der Waals surface area (Å²) in [5.41, 5.74) is 9.50. The van der Waals surface area contributed by atoms with Gasteiger partial charge in [-0.25, -0.2) is 0 Å². The van der Waals surface area contributed by atoms with E-state index >= 15 is 0 Å². The number of amides is 1. The van der Waals surface area contributed by atoms with Crippen molar-refractivity contribution in [1.82, 2.24) is 9.88 Å². The molecule has 0 unspecified atom stereocenters. The summed E-state index contributed by atoms with van der Waals surface area (Å²) in [6.07, 6.45) is 1.71. The Labute approximate surface area is 169 Å². The van der Waals surface area contributed by atoms with Gasteiger partial charge in [0.15, 0.2) is 6.29 Å². The highest BCUT2D eigenvalue weighted by Gasteiger charge is 2.26. The third-order valence-electron chi connectivity index (χ3n) is 5.75. The van der Waals surface area contributed by atoms with Crippen LogP contribution in [0.1, 0.15) is 52.1 Å². The van der Waals surface area contributed by atoms with E-state index in [1.807, 2.05) is 17.0 Å². The summed E-state index contributed by atoms with van der Waals surface area (Å²) in [6, 6.07) is 15.1. The van der Waals surface area contributed by atoms with Gasteiger partial charge in [-0.3, -0.25) is 9.78 Å². The Kier molecular flexibility index (Phi) is 5.58. The maximum atomic E-state index is 13.3. The van der Waals surface area contributed by atoms with Crippen molar-refractivity contribution in [1.29, 1.82) is 0 Å². The Bertz CT molecular complexity index is 1020. The molecule has 0 radical (unpaired) electrons. The molecule has 0 bridgehead atoms. The number of nitrogens with two attached hydrogens (primary N) is 1. The number of pyridine rings is 1. The van der Waals surface area contributed by atoms with Crippen molar-refractivity contribution in [2.45, 2.75) is 31.6 Å². The number of carbonyl (C=O) groups is 1. The van der Waals surface area contributed by atoms with E-state index < -0.39 is 6.29 Å². The van der Waals surface area contributed by atoms with Crippen molar-refractivity contribution in [3.63, 3.8) is 0 Å². The van der Waals surface area contributed by atoms with Gasteiger partial charge in [0.05, 0.1) is 11.1 Å². The van der Waals surface area contributed by atoms with E-state index in [1.165, 1.54) is 5.56 Å². The average molecular weight is 391 g/mol. The molecule has 150 valence electrons. The van der Waals surface area contributed by atoms with Crippen molar-refractivity contribution >= 4 is 16.8 Å². The summed E-state index contributed by atoms with van der Waals surface area (Å²) < 4.78 is 0. The third kappa shape index (κ3) is 3.87. The van der Waals surface area contributed by atoms with E-state index in [2.05, 4.69) is 17.1 Å². The lowest BCUT2D eigenvalue weighted by Crippen LogP contribution is -2.38. The molecule has 1 amide bonds. The van der Waals surface area contributed by atoms with Crippen LogP contribution in [0.5, 0.6) is 0 Å². The molecule has 3 aromatic rings. The lowest BCUT2D eigenvalue weighted by atomic mass is 9.88. The number of hydrogen-bond donors (Lipinski definition) is 3. The van der Waals surface area contributed by atoms with E-state index in [9.17, 15) is 15.0 Å². The van der Waals surface area contributed by atoms with Crippen molar-refractivity contribution in [2.75, 3.05) is 13.1 Å². The highest BCUT2D eigenvalue weighted by atomic mass is 16.5. The number of carbonyl (C=O) groups excluding carboxylic acids is 1. The molecule has 1 saturated heterocycles. The molecule has 1 aliphatic rings. The van der Waals surface area contributed by atoms with E-state index in [1.54, 1.807) is 30.5 Å². The Morgan fingerprint density at radius 1 is 1.14 bits per heavy atom. The Balaban J connectivity index is 1.56. The van der Waals surface area contributed by atoms with Crippen LogP contribution >= 0.6 is 0 Å².